The summed E-state index contributed by atoms with van der Waals surface area (Å²) in [4.78, 5) is 4.34. The number of rotatable bonds is 0. The number of hydrogen-bond donors (Lipinski definition) is 1. The van der Waals surface area contributed by atoms with Gasteiger partial charge in [0, 0.05) is 10.7 Å². The lowest BCUT2D eigenvalue weighted by molar-refractivity contribution is 0.367. The highest BCUT2D eigenvalue weighted by Gasteiger charge is 2.20. The molecule has 5 heteroatoms. The highest BCUT2D eigenvalue weighted by molar-refractivity contribution is 9.10. The Hall–Kier alpha value is -1.10. The number of nitrogen functional groups attached to an aromatic ring is 1. The van der Waals surface area contributed by atoms with Crippen molar-refractivity contribution in [1.82, 2.24) is 14.8 Å². The molecule has 0 atom stereocenters. The van der Waals surface area contributed by atoms with Gasteiger partial charge in [-0.15, -0.1) is 0 Å². The summed E-state index contributed by atoms with van der Waals surface area (Å²) >= 11 is 3.37. The predicted octanol–water partition coefficient (Wildman–Crippen LogP) is 2.53. The molecule has 4 nitrogen and oxygen atoms in total. The average Bonchev–Trinajstić information content (AvgIpc) is 2.43. The number of anilines is 1. The van der Waals surface area contributed by atoms with E-state index in [1.807, 2.05) is 10.7 Å². The highest BCUT2D eigenvalue weighted by atomic mass is 79.9. The molecule has 0 unspecified atom stereocenters. The van der Waals surface area contributed by atoms with Crippen molar-refractivity contribution in [3.05, 3.63) is 16.7 Å². The van der Waals surface area contributed by atoms with Crippen LogP contribution >= 0.6 is 15.9 Å². The molecule has 0 aliphatic carbocycles. The quantitative estimate of drug-likeness (QED) is 0.799. The smallest absolute Gasteiger partial charge is 0.160 e. The van der Waals surface area contributed by atoms with Crippen LogP contribution in [0.1, 0.15) is 20.8 Å². The van der Waals surface area contributed by atoms with E-state index < -0.39 is 0 Å². The Morgan fingerprint density at radius 2 is 2.07 bits per heavy atom. The summed E-state index contributed by atoms with van der Waals surface area (Å²) in [6, 6.07) is 1.94. The molecule has 0 aliphatic rings. The van der Waals surface area contributed by atoms with Crippen LogP contribution in [0.2, 0.25) is 0 Å². The average molecular weight is 269 g/mol. The molecule has 0 aromatic carbocycles. The molecule has 2 aromatic heterocycles. The Morgan fingerprint density at radius 3 is 2.67 bits per heavy atom. The molecule has 0 spiro atoms. The molecular formula is C10H13BrN4. The van der Waals surface area contributed by atoms with Gasteiger partial charge in [-0.25, -0.2) is 9.67 Å². The lowest BCUT2D eigenvalue weighted by atomic mass is 10.1. The van der Waals surface area contributed by atoms with E-state index in [-0.39, 0.29) is 5.54 Å². The molecule has 15 heavy (non-hydrogen) atoms. The number of halogens is 1. The van der Waals surface area contributed by atoms with Crippen LogP contribution in [-0.2, 0) is 5.54 Å². The molecule has 2 aromatic rings. The molecule has 0 amide bonds. The summed E-state index contributed by atoms with van der Waals surface area (Å²) < 4.78 is 2.76. The van der Waals surface area contributed by atoms with Crippen LogP contribution in [0.4, 0.5) is 5.82 Å². The summed E-state index contributed by atoms with van der Waals surface area (Å²) in [6.45, 7) is 6.22. The fourth-order valence-corrected chi connectivity index (χ4v) is 1.80. The van der Waals surface area contributed by atoms with Crippen LogP contribution in [0.25, 0.3) is 11.0 Å². The van der Waals surface area contributed by atoms with Crippen LogP contribution in [0, 0.1) is 0 Å². The second-order valence-corrected chi connectivity index (χ2v) is 5.41. The molecule has 80 valence electrons. The van der Waals surface area contributed by atoms with Gasteiger partial charge in [0.15, 0.2) is 11.5 Å². The van der Waals surface area contributed by atoms with Crippen molar-refractivity contribution < 1.29 is 0 Å². The van der Waals surface area contributed by atoms with Gasteiger partial charge in [-0.1, -0.05) is 0 Å². The first kappa shape index (κ1) is 10.4. The predicted molar refractivity (Wildman–Crippen MR) is 64.6 cm³/mol. The minimum atomic E-state index is -0.114. The van der Waals surface area contributed by atoms with Crippen LogP contribution < -0.4 is 5.73 Å². The van der Waals surface area contributed by atoms with Crippen molar-refractivity contribution in [3.8, 4) is 0 Å². The second kappa shape index (κ2) is 3.20. The van der Waals surface area contributed by atoms with Crippen molar-refractivity contribution in [2.45, 2.75) is 26.3 Å². The number of fused-ring (bicyclic) bond motifs is 1. The molecular weight excluding hydrogens is 256 g/mol. The summed E-state index contributed by atoms with van der Waals surface area (Å²) in [7, 11) is 0. The Balaban J connectivity index is 2.79. The summed E-state index contributed by atoms with van der Waals surface area (Å²) in [5.41, 5.74) is 6.56. The minimum Gasteiger partial charge on any atom is -0.382 e. The van der Waals surface area contributed by atoms with Gasteiger partial charge in [0.25, 0.3) is 0 Å². The maximum atomic E-state index is 5.85. The molecule has 0 aliphatic heterocycles. The first-order valence-electron chi connectivity index (χ1n) is 4.70. The van der Waals surface area contributed by atoms with E-state index in [2.05, 4.69) is 46.8 Å². The Bertz CT molecular complexity index is 510. The molecule has 0 fully saturated rings. The number of aromatic nitrogens is 3. The van der Waals surface area contributed by atoms with Gasteiger partial charge in [-0.2, -0.15) is 5.10 Å². The molecule has 2 rings (SSSR count). The second-order valence-electron chi connectivity index (χ2n) is 4.49. The third kappa shape index (κ3) is 1.71. The Morgan fingerprint density at radius 1 is 1.40 bits per heavy atom. The Kier molecular flexibility index (Phi) is 2.22. The zero-order valence-corrected chi connectivity index (χ0v) is 10.5. The normalized spacial score (nSPS) is 12.3. The van der Waals surface area contributed by atoms with Crippen molar-refractivity contribution in [2.75, 3.05) is 5.73 Å². The topological polar surface area (TPSA) is 56.7 Å². The summed E-state index contributed by atoms with van der Waals surface area (Å²) in [5, 5.41) is 5.20. The van der Waals surface area contributed by atoms with Crippen molar-refractivity contribution in [1.29, 1.82) is 0 Å². The van der Waals surface area contributed by atoms with E-state index in [0.29, 0.717) is 5.82 Å². The van der Waals surface area contributed by atoms with Crippen molar-refractivity contribution >= 4 is 32.8 Å². The highest BCUT2D eigenvalue weighted by Crippen LogP contribution is 2.26. The number of nitrogens with two attached hydrogens (primary N) is 1. The third-order valence-electron chi connectivity index (χ3n) is 2.15. The first-order chi connectivity index (χ1) is 6.89. The SMILES string of the molecule is CC(C)(C)n1nc(N)c2cc(Br)cnc21. The van der Waals surface area contributed by atoms with E-state index in [1.165, 1.54) is 0 Å². The van der Waals surface area contributed by atoms with Crippen LogP contribution in [0.5, 0.6) is 0 Å². The lowest BCUT2D eigenvalue weighted by Crippen LogP contribution is -2.23. The number of nitrogens with zero attached hydrogens (tertiary/aromatic N) is 3. The summed E-state index contributed by atoms with van der Waals surface area (Å²) in [6.07, 6.45) is 1.76. The van der Waals surface area contributed by atoms with Gasteiger partial charge < -0.3 is 5.73 Å². The maximum Gasteiger partial charge on any atom is 0.160 e. The zero-order valence-electron chi connectivity index (χ0n) is 8.95. The van der Waals surface area contributed by atoms with E-state index in [1.54, 1.807) is 6.20 Å². The fourth-order valence-electron chi connectivity index (χ4n) is 1.47. The molecule has 0 radical (unpaired) electrons. The molecule has 2 heterocycles. The van der Waals surface area contributed by atoms with Gasteiger partial charge in [0.2, 0.25) is 0 Å². The van der Waals surface area contributed by atoms with E-state index in [9.17, 15) is 0 Å². The zero-order chi connectivity index (χ0) is 11.2. The van der Waals surface area contributed by atoms with E-state index in [4.69, 9.17) is 5.73 Å². The van der Waals surface area contributed by atoms with Crippen molar-refractivity contribution in [3.63, 3.8) is 0 Å². The van der Waals surface area contributed by atoms with Gasteiger partial charge in [0.1, 0.15) is 0 Å². The first-order valence-corrected chi connectivity index (χ1v) is 5.49. The monoisotopic (exact) mass is 268 g/mol. The van der Waals surface area contributed by atoms with Crippen LogP contribution in [-0.4, -0.2) is 14.8 Å². The summed E-state index contributed by atoms with van der Waals surface area (Å²) in [5.74, 6) is 0.522. The Labute approximate surface area is 96.6 Å². The molecule has 0 saturated heterocycles. The van der Waals surface area contributed by atoms with Gasteiger partial charge >= 0.3 is 0 Å². The fraction of sp³-hybridized carbons (Fsp3) is 0.400. The van der Waals surface area contributed by atoms with Crippen LogP contribution in [0.15, 0.2) is 16.7 Å². The van der Waals surface area contributed by atoms with Crippen molar-refractivity contribution in [2.24, 2.45) is 0 Å². The van der Waals surface area contributed by atoms with E-state index >= 15 is 0 Å². The van der Waals surface area contributed by atoms with E-state index in [0.717, 1.165) is 15.5 Å². The number of hydrogen-bond acceptors (Lipinski definition) is 3. The molecule has 2 N–H and O–H groups in total. The minimum absolute atomic E-state index is 0.114. The molecule has 0 saturated carbocycles. The van der Waals surface area contributed by atoms with Gasteiger partial charge in [-0.05, 0) is 42.8 Å². The third-order valence-corrected chi connectivity index (χ3v) is 2.59. The van der Waals surface area contributed by atoms with Gasteiger partial charge in [-0.3, -0.25) is 0 Å². The maximum absolute atomic E-state index is 5.85. The lowest BCUT2D eigenvalue weighted by Gasteiger charge is -2.19. The number of pyridine rings is 1. The standard InChI is InChI=1S/C10H13BrN4/c1-10(2,3)15-9-7(8(12)14-15)4-6(11)5-13-9/h4-5H,1-3H3,(H2,12,14). The molecule has 0 bridgehead atoms. The largest absolute Gasteiger partial charge is 0.382 e. The van der Waals surface area contributed by atoms with Crippen LogP contribution in [0.3, 0.4) is 0 Å². The van der Waals surface area contributed by atoms with Gasteiger partial charge in [0.05, 0.1) is 10.9 Å².